The first kappa shape index (κ1) is 16.4. The standard InChI is InChI=1S/C20H30N2O/c1-23-20-14-12-17(13-15-20)16-21-22(18-8-4-2-5-9-18)19-10-6-3-7-11-19/h12-16,18-19H,2-11H2,1H3/b21-16+. The smallest absolute Gasteiger partial charge is 0.118 e. The van der Waals surface area contributed by atoms with E-state index in [9.17, 15) is 0 Å². The lowest BCUT2D eigenvalue weighted by atomic mass is 9.90. The number of hydrogen-bond donors (Lipinski definition) is 0. The molecule has 2 fully saturated rings. The van der Waals surface area contributed by atoms with E-state index >= 15 is 0 Å². The molecule has 2 aliphatic carbocycles. The van der Waals surface area contributed by atoms with Crippen molar-refractivity contribution in [3.8, 4) is 5.75 Å². The van der Waals surface area contributed by atoms with E-state index in [4.69, 9.17) is 9.84 Å². The molecule has 0 heterocycles. The summed E-state index contributed by atoms with van der Waals surface area (Å²) in [6.45, 7) is 0. The summed E-state index contributed by atoms with van der Waals surface area (Å²) in [6.07, 6.45) is 15.6. The third-order valence-electron chi connectivity index (χ3n) is 5.35. The van der Waals surface area contributed by atoms with Crippen molar-refractivity contribution >= 4 is 6.21 Å². The maximum absolute atomic E-state index is 5.23. The molecule has 3 rings (SSSR count). The van der Waals surface area contributed by atoms with Crippen molar-refractivity contribution in [1.82, 2.24) is 5.01 Å². The van der Waals surface area contributed by atoms with Crippen LogP contribution in [-0.4, -0.2) is 30.4 Å². The minimum atomic E-state index is 0.654. The molecular formula is C20H30N2O. The minimum absolute atomic E-state index is 0.654. The molecule has 3 heteroatoms. The maximum atomic E-state index is 5.23. The summed E-state index contributed by atoms with van der Waals surface area (Å²) in [7, 11) is 1.71. The lowest BCUT2D eigenvalue weighted by Crippen LogP contribution is -2.41. The Morgan fingerprint density at radius 2 is 1.39 bits per heavy atom. The van der Waals surface area contributed by atoms with Gasteiger partial charge in [-0.2, -0.15) is 5.10 Å². The molecule has 126 valence electrons. The molecule has 0 spiro atoms. The van der Waals surface area contributed by atoms with Gasteiger partial charge in [0.15, 0.2) is 0 Å². The van der Waals surface area contributed by atoms with Crippen LogP contribution in [0.3, 0.4) is 0 Å². The van der Waals surface area contributed by atoms with E-state index in [1.165, 1.54) is 64.2 Å². The molecule has 0 aromatic heterocycles. The molecule has 2 aliphatic rings. The molecule has 2 saturated carbocycles. The minimum Gasteiger partial charge on any atom is -0.497 e. The van der Waals surface area contributed by atoms with Crippen LogP contribution in [0.1, 0.15) is 69.8 Å². The summed E-state index contributed by atoms with van der Waals surface area (Å²) in [6, 6.07) is 9.49. The van der Waals surface area contributed by atoms with Crippen LogP contribution in [-0.2, 0) is 0 Å². The summed E-state index contributed by atoms with van der Waals surface area (Å²) in [4.78, 5) is 0. The highest BCUT2D eigenvalue weighted by molar-refractivity contribution is 5.79. The Labute approximate surface area is 140 Å². The maximum Gasteiger partial charge on any atom is 0.118 e. The Morgan fingerprint density at radius 3 is 1.87 bits per heavy atom. The fraction of sp³-hybridized carbons (Fsp3) is 0.650. The van der Waals surface area contributed by atoms with Gasteiger partial charge < -0.3 is 4.74 Å². The highest BCUT2D eigenvalue weighted by Crippen LogP contribution is 2.30. The highest BCUT2D eigenvalue weighted by atomic mass is 16.5. The van der Waals surface area contributed by atoms with Crippen LogP contribution >= 0.6 is 0 Å². The molecule has 1 aromatic carbocycles. The third kappa shape index (κ3) is 4.49. The quantitative estimate of drug-likeness (QED) is 0.564. The predicted octanol–water partition coefficient (Wildman–Crippen LogP) is 5.00. The van der Waals surface area contributed by atoms with E-state index in [1.54, 1.807) is 7.11 Å². The molecule has 0 atom stereocenters. The van der Waals surface area contributed by atoms with E-state index in [1.807, 2.05) is 18.3 Å². The Balaban J connectivity index is 1.71. The molecular weight excluding hydrogens is 284 g/mol. The largest absolute Gasteiger partial charge is 0.497 e. The van der Waals surface area contributed by atoms with Gasteiger partial charge in [0.25, 0.3) is 0 Å². The van der Waals surface area contributed by atoms with Crippen molar-refractivity contribution in [3.63, 3.8) is 0 Å². The zero-order chi connectivity index (χ0) is 15.9. The molecule has 3 nitrogen and oxygen atoms in total. The second kappa shape index (κ2) is 8.37. The average Bonchev–Trinajstić information content (AvgIpc) is 2.64. The molecule has 0 aliphatic heterocycles. The molecule has 0 radical (unpaired) electrons. The monoisotopic (exact) mass is 314 g/mol. The van der Waals surface area contributed by atoms with Crippen molar-refractivity contribution in [2.45, 2.75) is 76.3 Å². The van der Waals surface area contributed by atoms with Gasteiger partial charge in [-0.05, 0) is 55.5 Å². The zero-order valence-corrected chi connectivity index (χ0v) is 14.4. The molecule has 0 amide bonds. The number of methoxy groups -OCH3 is 1. The van der Waals surface area contributed by atoms with E-state index in [0.717, 1.165) is 11.3 Å². The summed E-state index contributed by atoms with van der Waals surface area (Å²) < 4.78 is 5.23. The van der Waals surface area contributed by atoms with Crippen LogP contribution in [0.4, 0.5) is 0 Å². The number of hydrogen-bond acceptors (Lipinski definition) is 3. The first-order chi connectivity index (χ1) is 11.4. The summed E-state index contributed by atoms with van der Waals surface area (Å²) in [5.74, 6) is 0.901. The SMILES string of the molecule is COc1ccc(/C=N/N(C2CCCCC2)C2CCCCC2)cc1. The van der Waals surface area contributed by atoms with Gasteiger partial charge in [-0.15, -0.1) is 0 Å². The van der Waals surface area contributed by atoms with Gasteiger partial charge in [0, 0.05) is 12.1 Å². The Hall–Kier alpha value is -1.51. The van der Waals surface area contributed by atoms with Crippen LogP contribution in [0.25, 0.3) is 0 Å². The van der Waals surface area contributed by atoms with E-state index in [2.05, 4.69) is 17.1 Å². The Kier molecular flexibility index (Phi) is 5.95. The first-order valence-electron chi connectivity index (χ1n) is 9.33. The van der Waals surface area contributed by atoms with Gasteiger partial charge in [0.05, 0.1) is 13.3 Å². The van der Waals surface area contributed by atoms with Crippen LogP contribution in [0.5, 0.6) is 5.75 Å². The highest BCUT2D eigenvalue weighted by Gasteiger charge is 2.27. The Morgan fingerprint density at radius 1 is 0.870 bits per heavy atom. The molecule has 0 bridgehead atoms. The summed E-state index contributed by atoms with van der Waals surface area (Å²) in [5.41, 5.74) is 1.16. The molecule has 0 unspecified atom stereocenters. The van der Waals surface area contributed by atoms with Crippen molar-refractivity contribution in [3.05, 3.63) is 29.8 Å². The van der Waals surface area contributed by atoms with Crippen LogP contribution < -0.4 is 4.74 Å². The second-order valence-electron chi connectivity index (χ2n) is 6.98. The van der Waals surface area contributed by atoms with Crippen molar-refractivity contribution in [1.29, 1.82) is 0 Å². The number of ether oxygens (including phenoxy) is 1. The van der Waals surface area contributed by atoms with Gasteiger partial charge in [0.1, 0.15) is 5.75 Å². The predicted molar refractivity (Wildman–Crippen MR) is 96.2 cm³/mol. The lowest BCUT2D eigenvalue weighted by molar-refractivity contribution is 0.0855. The number of hydrazone groups is 1. The van der Waals surface area contributed by atoms with E-state index in [0.29, 0.717) is 12.1 Å². The Bertz CT molecular complexity index is 467. The second-order valence-corrected chi connectivity index (χ2v) is 6.98. The summed E-state index contributed by atoms with van der Waals surface area (Å²) in [5, 5.41) is 7.44. The summed E-state index contributed by atoms with van der Waals surface area (Å²) >= 11 is 0. The third-order valence-corrected chi connectivity index (χ3v) is 5.35. The van der Waals surface area contributed by atoms with Gasteiger partial charge in [-0.25, -0.2) is 0 Å². The van der Waals surface area contributed by atoms with Gasteiger partial charge in [-0.1, -0.05) is 38.5 Å². The van der Waals surface area contributed by atoms with Crippen molar-refractivity contribution in [2.75, 3.05) is 7.11 Å². The van der Waals surface area contributed by atoms with Gasteiger partial charge in [0.2, 0.25) is 0 Å². The zero-order valence-electron chi connectivity index (χ0n) is 14.4. The fourth-order valence-electron chi connectivity index (χ4n) is 4.00. The van der Waals surface area contributed by atoms with Crippen molar-refractivity contribution < 1.29 is 4.74 Å². The van der Waals surface area contributed by atoms with Gasteiger partial charge >= 0.3 is 0 Å². The van der Waals surface area contributed by atoms with E-state index < -0.39 is 0 Å². The normalized spacial score (nSPS) is 20.7. The van der Waals surface area contributed by atoms with Crippen LogP contribution in [0.15, 0.2) is 29.4 Å². The van der Waals surface area contributed by atoms with Crippen molar-refractivity contribution in [2.24, 2.45) is 5.10 Å². The fourth-order valence-corrected chi connectivity index (χ4v) is 4.00. The lowest BCUT2D eigenvalue weighted by Gasteiger charge is -2.39. The van der Waals surface area contributed by atoms with E-state index in [-0.39, 0.29) is 0 Å². The molecule has 1 aromatic rings. The molecule has 23 heavy (non-hydrogen) atoms. The van der Waals surface area contributed by atoms with Crippen LogP contribution in [0, 0.1) is 0 Å². The van der Waals surface area contributed by atoms with Crippen LogP contribution in [0.2, 0.25) is 0 Å². The molecule has 0 N–H and O–H groups in total. The number of nitrogens with zero attached hydrogens (tertiary/aromatic N) is 2. The first-order valence-corrected chi connectivity index (χ1v) is 9.33. The van der Waals surface area contributed by atoms with Gasteiger partial charge in [-0.3, -0.25) is 5.01 Å². The average molecular weight is 314 g/mol. The number of benzene rings is 1. The number of rotatable bonds is 5. The topological polar surface area (TPSA) is 24.8 Å². The molecule has 0 saturated heterocycles.